The molecule has 90 valence electrons. The molecule has 0 saturated heterocycles. The number of aliphatic hydroxyl groups is 1. The molecule has 5 nitrogen and oxygen atoms in total. The number of allylic oxidation sites excluding steroid dienone is 1. The van der Waals surface area contributed by atoms with E-state index in [4.69, 9.17) is 5.11 Å². The fourth-order valence-corrected chi connectivity index (χ4v) is 1.40. The fourth-order valence-electron chi connectivity index (χ4n) is 1.40. The van der Waals surface area contributed by atoms with Crippen molar-refractivity contribution in [2.24, 2.45) is 5.18 Å². The zero-order chi connectivity index (χ0) is 12.8. The van der Waals surface area contributed by atoms with Crippen molar-refractivity contribution in [3.05, 3.63) is 46.2 Å². The maximum Gasteiger partial charge on any atom is 0.281 e. The summed E-state index contributed by atoms with van der Waals surface area (Å²) in [5, 5.41) is 14.2. The molecule has 1 aromatic carbocycles. The van der Waals surface area contributed by atoms with Gasteiger partial charge in [-0.1, -0.05) is 25.1 Å². The predicted octanol–water partition coefficient (Wildman–Crippen LogP) is 2.74. The molecule has 17 heavy (non-hydrogen) atoms. The van der Waals surface area contributed by atoms with Crippen molar-refractivity contribution in [1.29, 1.82) is 0 Å². The van der Waals surface area contributed by atoms with Gasteiger partial charge in [0.2, 0.25) is 5.70 Å². The van der Waals surface area contributed by atoms with Crippen LogP contribution in [0, 0.1) is 4.91 Å². The van der Waals surface area contributed by atoms with Crippen molar-refractivity contribution in [2.45, 2.75) is 20.3 Å². The van der Waals surface area contributed by atoms with Gasteiger partial charge in [0.1, 0.15) is 5.76 Å². The third-order valence-corrected chi connectivity index (χ3v) is 2.30. The molecule has 1 amide bonds. The van der Waals surface area contributed by atoms with Crippen LogP contribution in [0.15, 0.2) is 40.9 Å². The van der Waals surface area contributed by atoms with Gasteiger partial charge in [0.15, 0.2) is 0 Å². The minimum Gasteiger partial charge on any atom is -0.510 e. The molecule has 0 bridgehead atoms. The van der Waals surface area contributed by atoms with Gasteiger partial charge in [-0.25, -0.2) is 0 Å². The number of carbonyl (C=O) groups is 1. The first kappa shape index (κ1) is 12.9. The van der Waals surface area contributed by atoms with Crippen LogP contribution in [0.25, 0.3) is 0 Å². The summed E-state index contributed by atoms with van der Waals surface area (Å²) in [4.78, 5) is 22.0. The number of para-hydroxylation sites is 1. The lowest BCUT2D eigenvalue weighted by molar-refractivity contribution is -0.113. The molecular weight excluding hydrogens is 220 g/mol. The van der Waals surface area contributed by atoms with E-state index in [-0.39, 0.29) is 0 Å². The first-order chi connectivity index (χ1) is 8.10. The number of aryl methyl sites for hydroxylation is 1. The number of hydrogen-bond acceptors (Lipinski definition) is 4. The summed E-state index contributed by atoms with van der Waals surface area (Å²) < 4.78 is 0. The largest absolute Gasteiger partial charge is 0.510 e. The van der Waals surface area contributed by atoms with Crippen LogP contribution in [0.3, 0.4) is 0 Å². The van der Waals surface area contributed by atoms with Crippen LogP contribution in [-0.4, -0.2) is 11.0 Å². The van der Waals surface area contributed by atoms with Crippen LogP contribution >= 0.6 is 0 Å². The Morgan fingerprint density at radius 1 is 1.41 bits per heavy atom. The van der Waals surface area contributed by atoms with Crippen molar-refractivity contribution >= 4 is 11.6 Å². The Labute approximate surface area is 99.1 Å². The van der Waals surface area contributed by atoms with Gasteiger partial charge in [-0.2, -0.15) is 0 Å². The molecule has 0 atom stereocenters. The van der Waals surface area contributed by atoms with Crippen LogP contribution in [-0.2, 0) is 11.2 Å². The number of benzene rings is 1. The number of rotatable bonds is 4. The molecule has 2 N–H and O–H groups in total. The highest BCUT2D eigenvalue weighted by molar-refractivity contribution is 6.04. The fraction of sp³-hybridized carbons (Fsp3) is 0.250. The van der Waals surface area contributed by atoms with Crippen molar-refractivity contribution in [2.75, 3.05) is 5.32 Å². The van der Waals surface area contributed by atoms with Crippen LogP contribution in [0.1, 0.15) is 19.4 Å². The second kappa shape index (κ2) is 5.79. The topological polar surface area (TPSA) is 78.8 Å². The quantitative estimate of drug-likeness (QED) is 0.477. The Hall–Kier alpha value is -2.17. The molecule has 0 spiro atoms. The van der Waals surface area contributed by atoms with Gasteiger partial charge >= 0.3 is 0 Å². The van der Waals surface area contributed by atoms with E-state index in [0.29, 0.717) is 5.69 Å². The number of aliphatic hydroxyl groups excluding tert-OH is 1. The van der Waals surface area contributed by atoms with Gasteiger partial charge in [-0.05, 0) is 30.2 Å². The third kappa shape index (κ3) is 3.14. The van der Waals surface area contributed by atoms with Gasteiger partial charge in [0.05, 0.1) is 0 Å². The Kier molecular flexibility index (Phi) is 4.39. The lowest BCUT2D eigenvalue weighted by Gasteiger charge is -2.08. The highest BCUT2D eigenvalue weighted by Crippen LogP contribution is 2.17. The van der Waals surface area contributed by atoms with Crippen molar-refractivity contribution in [1.82, 2.24) is 0 Å². The summed E-state index contributed by atoms with van der Waals surface area (Å²) in [5.41, 5.74) is 1.06. The standard InChI is InChI=1S/C12H14N2O3/c1-3-9-6-4-5-7-10(9)13-12(16)11(14-17)8(2)15/h4-7,15H,3H2,1-2H3,(H,13,16)/b11-8+. The number of hydrogen-bond donors (Lipinski definition) is 2. The summed E-state index contributed by atoms with van der Waals surface area (Å²) in [5.74, 6) is -1.10. The van der Waals surface area contributed by atoms with E-state index in [2.05, 4.69) is 10.5 Å². The molecule has 1 aromatic rings. The summed E-state index contributed by atoms with van der Waals surface area (Å²) in [6, 6.07) is 7.24. The molecule has 0 radical (unpaired) electrons. The molecule has 0 aliphatic rings. The molecular formula is C12H14N2O3. The maximum atomic E-state index is 11.6. The Balaban J connectivity index is 2.96. The zero-order valence-corrected chi connectivity index (χ0v) is 9.73. The van der Waals surface area contributed by atoms with E-state index in [0.717, 1.165) is 12.0 Å². The highest BCUT2D eigenvalue weighted by atomic mass is 16.3. The normalized spacial score (nSPS) is 11.6. The Bertz CT molecular complexity index is 463. The molecule has 0 fully saturated rings. The Morgan fingerprint density at radius 2 is 2.06 bits per heavy atom. The van der Waals surface area contributed by atoms with E-state index >= 15 is 0 Å². The summed E-state index contributed by atoms with van der Waals surface area (Å²) in [6.07, 6.45) is 0.752. The molecule has 0 aromatic heterocycles. The number of anilines is 1. The Morgan fingerprint density at radius 3 is 2.59 bits per heavy atom. The molecule has 0 saturated carbocycles. The predicted molar refractivity (Wildman–Crippen MR) is 65.6 cm³/mol. The summed E-state index contributed by atoms with van der Waals surface area (Å²) >= 11 is 0. The van der Waals surface area contributed by atoms with E-state index in [1.807, 2.05) is 19.1 Å². The number of nitrogens with zero attached hydrogens (tertiary/aromatic N) is 1. The average molecular weight is 234 g/mol. The van der Waals surface area contributed by atoms with Crippen molar-refractivity contribution in [3.63, 3.8) is 0 Å². The molecule has 5 heteroatoms. The van der Waals surface area contributed by atoms with Gasteiger partial charge in [-0.15, -0.1) is 4.91 Å². The number of carbonyl (C=O) groups excluding carboxylic acids is 1. The molecule has 0 unspecified atom stereocenters. The lowest BCUT2D eigenvalue weighted by Crippen LogP contribution is -2.15. The van der Waals surface area contributed by atoms with Crippen LogP contribution in [0.5, 0.6) is 0 Å². The third-order valence-electron chi connectivity index (χ3n) is 2.30. The zero-order valence-electron chi connectivity index (χ0n) is 9.73. The van der Waals surface area contributed by atoms with E-state index in [9.17, 15) is 9.70 Å². The van der Waals surface area contributed by atoms with Crippen LogP contribution < -0.4 is 5.32 Å². The molecule has 1 rings (SSSR count). The number of nitroso groups, excluding NO2 is 1. The lowest BCUT2D eigenvalue weighted by atomic mass is 10.1. The van der Waals surface area contributed by atoms with Gasteiger partial charge in [0.25, 0.3) is 5.91 Å². The minimum atomic E-state index is -0.708. The van der Waals surface area contributed by atoms with Crippen LogP contribution in [0.4, 0.5) is 5.69 Å². The van der Waals surface area contributed by atoms with Crippen molar-refractivity contribution < 1.29 is 9.90 Å². The van der Waals surface area contributed by atoms with Gasteiger partial charge in [0, 0.05) is 5.69 Å². The summed E-state index contributed by atoms with van der Waals surface area (Å²) in [7, 11) is 0. The monoisotopic (exact) mass is 234 g/mol. The number of amides is 1. The first-order valence-corrected chi connectivity index (χ1v) is 5.22. The van der Waals surface area contributed by atoms with Crippen LogP contribution in [0.2, 0.25) is 0 Å². The minimum absolute atomic E-state index is 0.397. The molecule has 0 aliphatic carbocycles. The molecule has 0 aliphatic heterocycles. The first-order valence-electron chi connectivity index (χ1n) is 5.22. The maximum absolute atomic E-state index is 11.6. The number of nitrogens with one attached hydrogen (secondary N) is 1. The summed E-state index contributed by atoms with van der Waals surface area (Å²) in [6.45, 7) is 3.19. The molecule has 0 heterocycles. The highest BCUT2D eigenvalue weighted by Gasteiger charge is 2.15. The van der Waals surface area contributed by atoms with E-state index < -0.39 is 17.4 Å². The average Bonchev–Trinajstić information content (AvgIpc) is 2.30. The van der Waals surface area contributed by atoms with Gasteiger partial charge < -0.3 is 10.4 Å². The SMILES string of the molecule is CCc1ccccc1NC(=O)/C(N=O)=C(/C)O. The van der Waals surface area contributed by atoms with E-state index in [1.165, 1.54) is 6.92 Å². The van der Waals surface area contributed by atoms with E-state index in [1.54, 1.807) is 12.1 Å². The smallest absolute Gasteiger partial charge is 0.281 e. The van der Waals surface area contributed by atoms with Crippen molar-refractivity contribution in [3.8, 4) is 0 Å². The second-order valence-electron chi connectivity index (χ2n) is 3.49. The second-order valence-corrected chi connectivity index (χ2v) is 3.49. The van der Waals surface area contributed by atoms with Gasteiger partial charge in [-0.3, -0.25) is 4.79 Å².